The van der Waals surface area contributed by atoms with Crippen LogP contribution in [0.4, 0.5) is 0 Å². The maximum atomic E-state index is 4.26. The third-order valence-electron chi connectivity index (χ3n) is 1.92. The van der Waals surface area contributed by atoms with Crippen LogP contribution in [0.25, 0.3) is 11.4 Å². The minimum absolute atomic E-state index is 0.746. The van der Waals surface area contributed by atoms with E-state index in [2.05, 4.69) is 22.1 Å². The van der Waals surface area contributed by atoms with Gasteiger partial charge in [-0.1, -0.05) is 12.1 Å². The van der Waals surface area contributed by atoms with Crippen molar-refractivity contribution < 1.29 is 0 Å². The first-order valence-electron chi connectivity index (χ1n) is 4.45. The summed E-state index contributed by atoms with van der Waals surface area (Å²) >= 11 is 0. The largest absolute Gasteiger partial charge is 0.254 e. The van der Waals surface area contributed by atoms with Crippen molar-refractivity contribution in [3.8, 4) is 11.4 Å². The van der Waals surface area contributed by atoms with Crippen LogP contribution < -0.4 is 0 Å². The van der Waals surface area contributed by atoms with E-state index in [1.807, 2.05) is 32.2 Å². The zero-order valence-corrected chi connectivity index (χ0v) is 8.20. The molecule has 0 bridgehead atoms. The normalized spacial score (nSPS) is 9.57. The fraction of sp³-hybridized carbons (Fsp3) is 0.167. The summed E-state index contributed by atoms with van der Waals surface area (Å²) in [4.78, 5) is 8.49. The number of aryl methyl sites for hydroxylation is 2. The summed E-state index contributed by atoms with van der Waals surface area (Å²) in [6, 6.07) is 9.91. The molecule has 0 atom stereocenters. The van der Waals surface area contributed by atoms with Gasteiger partial charge in [-0.05, 0) is 31.5 Å². The molecule has 2 aromatic rings. The Balaban J connectivity index is 2.40. The fourth-order valence-corrected chi connectivity index (χ4v) is 1.12. The van der Waals surface area contributed by atoms with Crippen molar-refractivity contribution in [2.24, 2.45) is 0 Å². The molecule has 2 aromatic heterocycles. The number of hydrogen-bond donors (Lipinski definition) is 0. The van der Waals surface area contributed by atoms with Crippen LogP contribution in [0.3, 0.4) is 0 Å². The summed E-state index contributed by atoms with van der Waals surface area (Å²) in [5.74, 6) is 0. The molecular weight excluding hydrogens is 172 g/mol. The Morgan fingerprint density at radius 2 is 1.86 bits per heavy atom. The summed E-state index contributed by atoms with van der Waals surface area (Å²) in [5, 5.41) is 0. The van der Waals surface area contributed by atoms with E-state index in [9.17, 15) is 0 Å². The lowest BCUT2D eigenvalue weighted by molar-refractivity contribution is 1.21. The third kappa shape index (κ3) is 1.72. The lowest BCUT2D eigenvalue weighted by Gasteiger charge is -1.96. The maximum absolute atomic E-state index is 4.26. The van der Waals surface area contributed by atoms with Crippen LogP contribution in [0.1, 0.15) is 11.1 Å². The molecule has 2 heterocycles. The van der Waals surface area contributed by atoms with Gasteiger partial charge in [0, 0.05) is 18.0 Å². The quantitative estimate of drug-likeness (QED) is 0.676. The van der Waals surface area contributed by atoms with Gasteiger partial charge < -0.3 is 0 Å². The summed E-state index contributed by atoms with van der Waals surface area (Å²) in [6.07, 6.45) is 3.60. The van der Waals surface area contributed by atoms with Gasteiger partial charge in [0.2, 0.25) is 0 Å². The van der Waals surface area contributed by atoms with Gasteiger partial charge in [0.1, 0.15) is 5.69 Å². The molecule has 0 aliphatic rings. The van der Waals surface area contributed by atoms with Crippen molar-refractivity contribution >= 4 is 0 Å². The van der Waals surface area contributed by atoms with E-state index in [-0.39, 0.29) is 0 Å². The zero-order chi connectivity index (χ0) is 9.97. The van der Waals surface area contributed by atoms with Crippen LogP contribution in [0, 0.1) is 26.0 Å². The Morgan fingerprint density at radius 1 is 1.00 bits per heavy atom. The van der Waals surface area contributed by atoms with Crippen molar-refractivity contribution in [3.05, 3.63) is 47.8 Å². The second kappa shape index (κ2) is 3.47. The lowest BCUT2D eigenvalue weighted by atomic mass is 10.2. The van der Waals surface area contributed by atoms with Crippen LogP contribution in [-0.2, 0) is 0 Å². The van der Waals surface area contributed by atoms with Gasteiger partial charge in [-0.2, -0.15) is 0 Å². The smallest absolute Gasteiger partial charge is 0.139 e. The molecule has 0 amide bonds. The van der Waals surface area contributed by atoms with Gasteiger partial charge in [-0.15, -0.1) is 0 Å². The van der Waals surface area contributed by atoms with Crippen LogP contribution in [0.2, 0.25) is 0 Å². The predicted octanol–water partition coefficient (Wildman–Crippen LogP) is 2.36. The van der Waals surface area contributed by atoms with Crippen molar-refractivity contribution in [1.29, 1.82) is 0 Å². The van der Waals surface area contributed by atoms with Gasteiger partial charge >= 0.3 is 0 Å². The molecule has 0 unspecified atom stereocenters. The first-order chi connectivity index (χ1) is 6.75. The van der Waals surface area contributed by atoms with E-state index in [1.54, 1.807) is 6.20 Å². The standard InChI is InChI=1S/C12H10N2/c1-9-3-5-11(13-7-9)12-6-4-10(2)8-14-12/h3,5,7-8H,1-2H3. The van der Waals surface area contributed by atoms with Crippen molar-refractivity contribution in [2.45, 2.75) is 13.8 Å². The second-order valence-corrected chi connectivity index (χ2v) is 3.26. The maximum Gasteiger partial charge on any atom is 0.139 e. The average molecular weight is 182 g/mol. The Labute approximate surface area is 83.7 Å². The van der Waals surface area contributed by atoms with Gasteiger partial charge in [0.05, 0.1) is 5.69 Å². The number of pyridine rings is 1. The minimum Gasteiger partial charge on any atom is -0.254 e. The molecule has 0 N–H and O–H groups in total. The molecule has 2 heteroatoms. The highest BCUT2D eigenvalue weighted by Gasteiger charge is 1.98. The molecule has 0 fully saturated rings. The molecular formula is C12H10N2. The Kier molecular flexibility index (Phi) is 2.16. The average Bonchev–Trinajstić information content (AvgIpc) is 2.21. The first kappa shape index (κ1) is 8.71. The van der Waals surface area contributed by atoms with E-state index in [1.165, 1.54) is 0 Å². The Hall–Kier alpha value is -1.88. The SMILES string of the molecule is Cc1c#cc(-c2ccc(C)cn2)nc1. The Morgan fingerprint density at radius 3 is 2.43 bits per heavy atom. The highest BCUT2D eigenvalue weighted by molar-refractivity contribution is 5.51. The molecule has 0 saturated heterocycles. The summed E-state index contributed by atoms with van der Waals surface area (Å²) in [7, 11) is 0. The molecule has 0 aliphatic heterocycles. The van der Waals surface area contributed by atoms with Crippen LogP contribution >= 0.6 is 0 Å². The predicted molar refractivity (Wildman–Crippen MR) is 54.6 cm³/mol. The molecule has 0 aromatic carbocycles. The van der Waals surface area contributed by atoms with E-state index >= 15 is 0 Å². The highest BCUT2D eigenvalue weighted by Crippen LogP contribution is 2.11. The van der Waals surface area contributed by atoms with E-state index in [0.717, 1.165) is 22.5 Å². The number of aromatic nitrogens is 2. The van der Waals surface area contributed by atoms with E-state index in [4.69, 9.17) is 0 Å². The molecule has 0 spiro atoms. The lowest BCUT2D eigenvalue weighted by Crippen LogP contribution is -1.86. The monoisotopic (exact) mass is 182 g/mol. The van der Waals surface area contributed by atoms with Gasteiger partial charge in [0.15, 0.2) is 0 Å². The molecule has 0 aliphatic carbocycles. The number of hydrogen-bond acceptors (Lipinski definition) is 2. The summed E-state index contributed by atoms with van der Waals surface area (Å²) in [5.41, 5.74) is 3.72. The van der Waals surface area contributed by atoms with Crippen molar-refractivity contribution in [3.63, 3.8) is 0 Å². The topological polar surface area (TPSA) is 25.8 Å². The van der Waals surface area contributed by atoms with Gasteiger partial charge in [-0.3, -0.25) is 4.98 Å². The molecule has 68 valence electrons. The van der Waals surface area contributed by atoms with Crippen LogP contribution in [-0.4, -0.2) is 9.97 Å². The van der Waals surface area contributed by atoms with Gasteiger partial charge in [-0.25, -0.2) is 4.98 Å². The summed E-state index contributed by atoms with van der Waals surface area (Å²) in [6.45, 7) is 3.95. The number of nitrogens with zero attached hydrogens (tertiary/aromatic N) is 2. The minimum atomic E-state index is 0.746. The van der Waals surface area contributed by atoms with Crippen molar-refractivity contribution in [2.75, 3.05) is 0 Å². The van der Waals surface area contributed by atoms with Crippen LogP contribution in [0.5, 0.6) is 0 Å². The van der Waals surface area contributed by atoms with Gasteiger partial charge in [0.25, 0.3) is 0 Å². The molecule has 2 nitrogen and oxygen atoms in total. The molecule has 14 heavy (non-hydrogen) atoms. The highest BCUT2D eigenvalue weighted by atomic mass is 14.8. The molecule has 2 rings (SSSR count). The third-order valence-corrected chi connectivity index (χ3v) is 1.92. The van der Waals surface area contributed by atoms with E-state index in [0.29, 0.717) is 0 Å². The number of rotatable bonds is 1. The summed E-state index contributed by atoms with van der Waals surface area (Å²) < 4.78 is 0. The van der Waals surface area contributed by atoms with Crippen LogP contribution in [0.15, 0.2) is 24.5 Å². The Bertz CT molecular complexity index is 372. The second-order valence-electron chi connectivity index (χ2n) is 3.26. The zero-order valence-electron chi connectivity index (χ0n) is 8.20. The van der Waals surface area contributed by atoms with Crippen molar-refractivity contribution in [1.82, 2.24) is 9.97 Å². The first-order valence-corrected chi connectivity index (χ1v) is 4.45. The molecule has 0 saturated carbocycles. The fourth-order valence-electron chi connectivity index (χ4n) is 1.12. The molecule has 0 radical (unpaired) electrons. The van der Waals surface area contributed by atoms with E-state index < -0.39 is 0 Å².